The van der Waals surface area contributed by atoms with Crippen molar-refractivity contribution < 1.29 is 13.6 Å². The zero-order valence-corrected chi connectivity index (χ0v) is 7.76. The second kappa shape index (κ2) is 5.32. The molecule has 4 heteroatoms. The Kier molecular flexibility index (Phi) is 4.04. The lowest BCUT2D eigenvalue weighted by Gasteiger charge is -2.02. The first-order valence-corrected chi connectivity index (χ1v) is 4.23. The summed E-state index contributed by atoms with van der Waals surface area (Å²) < 4.78 is 26.0. The van der Waals surface area contributed by atoms with E-state index >= 15 is 0 Å². The van der Waals surface area contributed by atoms with E-state index in [0.29, 0.717) is 6.42 Å². The smallest absolute Gasteiger partial charge is 0.148 e. The lowest BCUT2D eigenvalue weighted by atomic mass is 10.2. The van der Waals surface area contributed by atoms with Crippen molar-refractivity contribution in [3.63, 3.8) is 0 Å². The maximum Gasteiger partial charge on any atom is 0.148 e. The molecule has 0 atom stereocenters. The van der Waals surface area contributed by atoms with E-state index < -0.39 is 11.6 Å². The van der Waals surface area contributed by atoms with Crippen LogP contribution in [0.15, 0.2) is 23.4 Å². The molecule has 0 bridgehead atoms. The van der Waals surface area contributed by atoms with Crippen LogP contribution in [0.1, 0.15) is 18.9 Å². The van der Waals surface area contributed by atoms with Gasteiger partial charge in [-0.15, -0.1) is 0 Å². The molecule has 0 aromatic heterocycles. The van der Waals surface area contributed by atoms with Crippen LogP contribution >= 0.6 is 0 Å². The molecule has 1 aromatic carbocycles. The molecule has 0 aliphatic rings. The van der Waals surface area contributed by atoms with Crippen molar-refractivity contribution in [3.8, 4) is 0 Å². The summed E-state index contributed by atoms with van der Waals surface area (Å²) >= 11 is 0. The molecule has 0 N–H and O–H groups in total. The quantitative estimate of drug-likeness (QED) is 0.538. The van der Waals surface area contributed by atoms with E-state index in [1.165, 1.54) is 18.2 Å². The zero-order chi connectivity index (χ0) is 10.4. The van der Waals surface area contributed by atoms with Gasteiger partial charge in [-0.05, 0) is 18.6 Å². The number of nitrogens with zero attached hydrogens (tertiary/aromatic N) is 1. The fourth-order valence-corrected chi connectivity index (χ4v) is 0.877. The fraction of sp³-hybridized carbons (Fsp3) is 0.300. The number of hydrogen-bond acceptors (Lipinski definition) is 2. The second-order valence-corrected chi connectivity index (χ2v) is 2.58. The van der Waals surface area contributed by atoms with Crippen molar-refractivity contribution >= 4 is 6.21 Å². The summed E-state index contributed by atoms with van der Waals surface area (Å²) in [7, 11) is 0. The van der Waals surface area contributed by atoms with Crippen LogP contribution < -0.4 is 0 Å². The summed E-state index contributed by atoms with van der Waals surface area (Å²) in [6.07, 6.45) is 3.11. The van der Waals surface area contributed by atoms with Crippen molar-refractivity contribution in [2.45, 2.75) is 20.0 Å². The molecule has 1 rings (SSSR count). The van der Waals surface area contributed by atoms with Crippen LogP contribution in [0.2, 0.25) is 0 Å². The van der Waals surface area contributed by atoms with Crippen molar-refractivity contribution in [1.29, 1.82) is 0 Å². The van der Waals surface area contributed by atoms with Gasteiger partial charge in [-0.2, -0.15) is 0 Å². The van der Waals surface area contributed by atoms with Crippen LogP contribution in [-0.2, 0) is 11.4 Å². The van der Waals surface area contributed by atoms with Crippen molar-refractivity contribution in [2.75, 3.05) is 0 Å². The minimum Gasteiger partial charge on any atom is -0.390 e. The number of benzene rings is 1. The lowest BCUT2D eigenvalue weighted by molar-refractivity contribution is 0.126. The van der Waals surface area contributed by atoms with Crippen LogP contribution in [0.3, 0.4) is 0 Å². The highest BCUT2D eigenvalue weighted by Crippen LogP contribution is 2.12. The summed E-state index contributed by atoms with van der Waals surface area (Å²) in [6.45, 7) is 1.61. The SMILES string of the molecule is CC/[C]=N\OCc1c(F)cccc1F. The van der Waals surface area contributed by atoms with Gasteiger partial charge >= 0.3 is 0 Å². The average Bonchev–Trinajstić information content (AvgIpc) is 2.16. The maximum atomic E-state index is 13.0. The Bertz CT molecular complexity index is 306. The van der Waals surface area contributed by atoms with Gasteiger partial charge in [-0.25, -0.2) is 8.78 Å². The molecule has 0 aliphatic heterocycles. The Balaban J connectivity index is 2.62. The van der Waals surface area contributed by atoms with Gasteiger partial charge in [0.15, 0.2) is 0 Å². The van der Waals surface area contributed by atoms with E-state index in [2.05, 4.69) is 16.2 Å². The molecular weight excluding hydrogens is 188 g/mol. The van der Waals surface area contributed by atoms with Crippen LogP contribution in [-0.4, -0.2) is 6.21 Å². The van der Waals surface area contributed by atoms with Gasteiger partial charge in [0.05, 0.1) is 5.56 Å². The normalized spacial score (nSPS) is 10.8. The highest BCUT2D eigenvalue weighted by atomic mass is 19.1. The minimum absolute atomic E-state index is 0.117. The van der Waals surface area contributed by atoms with Gasteiger partial charge in [0.1, 0.15) is 24.5 Å². The molecule has 75 valence electrons. The topological polar surface area (TPSA) is 21.6 Å². The summed E-state index contributed by atoms with van der Waals surface area (Å²) in [5.74, 6) is -1.26. The van der Waals surface area contributed by atoms with Crippen LogP contribution in [0.4, 0.5) is 8.78 Å². The van der Waals surface area contributed by atoms with E-state index in [4.69, 9.17) is 0 Å². The molecule has 0 saturated heterocycles. The third-order valence-electron chi connectivity index (χ3n) is 1.56. The predicted octanol–water partition coefficient (Wildman–Crippen LogP) is 2.75. The molecule has 1 aromatic rings. The van der Waals surface area contributed by atoms with Gasteiger partial charge in [0.2, 0.25) is 0 Å². The van der Waals surface area contributed by atoms with Gasteiger partial charge in [0, 0.05) is 0 Å². The Hall–Kier alpha value is -1.45. The fourth-order valence-electron chi connectivity index (χ4n) is 0.877. The molecule has 0 amide bonds. The molecule has 0 saturated carbocycles. The Morgan fingerprint density at radius 3 is 2.57 bits per heavy atom. The van der Waals surface area contributed by atoms with E-state index in [0.717, 1.165) is 0 Å². The second-order valence-electron chi connectivity index (χ2n) is 2.58. The van der Waals surface area contributed by atoms with Gasteiger partial charge in [-0.1, -0.05) is 18.1 Å². The Morgan fingerprint density at radius 2 is 2.00 bits per heavy atom. The van der Waals surface area contributed by atoms with Crippen molar-refractivity contribution in [2.24, 2.45) is 5.16 Å². The van der Waals surface area contributed by atoms with Gasteiger partial charge in [0.25, 0.3) is 0 Å². The van der Waals surface area contributed by atoms with E-state index in [9.17, 15) is 8.78 Å². The molecule has 0 unspecified atom stereocenters. The Labute approximate surface area is 81.2 Å². The number of rotatable bonds is 4. The summed E-state index contributed by atoms with van der Waals surface area (Å²) in [4.78, 5) is 4.66. The highest BCUT2D eigenvalue weighted by molar-refractivity contribution is 5.55. The largest absolute Gasteiger partial charge is 0.390 e. The molecule has 2 nitrogen and oxygen atoms in total. The van der Waals surface area contributed by atoms with Crippen LogP contribution in [0, 0.1) is 11.6 Å². The average molecular weight is 198 g/mol. The Morgan fingerprint density at radius 1 is 1.36 bits per heavy atom. The highest BCUT2D eigenvalue weighted by Gasteiger charge is 2.07. The lowest BCUT2D eigenvalue weighted by Crippen LogP contribution is -1.96. The van der Waals surface area contributed by atoms with E-state index in [1.54, 1.807) is 0 Å². The minimum atomic E-state index is -0.628. The van der Waals surface area contributed by atoms with Gasteiger partial charge < -0.3 is 4.84 Å². The molecule has 1 radical (unpaired) electrons. The third-order valence-corrected chi connectivity index (χ3v) is 1.56. The first-order valence-electron chi connectivity index (χ1n) is 4.23. The molecule has 0 heterocycles. The molecular formula is C10H10F2NO. The third kappa shape index (κ3) is 2.80. The summed E-state index contributed by atoms with van der Waals surface area (Å²) in [5.41, 5.74) is -0.117. The first-order chi connectivity index (χ1) is 6.75. The number of hydrogen-bond donors (Lipinski definition) is 0. The molecule has 0 fully saturated rings. The summed E-state index contributed by atoms with van der Waals surface area (Å²) in [5, 5.41) is 3.38. The van der Waals surface area contributed by atoms with Crippen molar-refractivity contribution in [1.82, 2.24) is 0 Å². The van der Waals surface area contributed by atoms with Crippen LogP contribution in [0.5, 0.6) is 0 Å². The zero-order valence-electron chi connectivity index (χ0n) is 7.76. The van der Waals surface area contributed by atoms with Crippen LogP contribution in [0.25, 0.3) is 0 Å². The number of halogens is 2. The molecule has 0 spiro atoms. The maximum absolute atomic E-state index is 13.0. The standard InChI is InChI=1S/C10H10F2NO/c1-2-6-13-14-7-8-9(11)4-3-5-10(8)12/h3-5H,2,7H2,1H3. The van der Waals surface area contributed by atoms with E-state index in [1.807, 2.05) is 6.92 Å². The first kappa shape index (κ1) is 10.6. The monoisotopic (exact) mass is 198 g/mol. The van der Waals surface area contributed by atoms with E-state index in [-0.39, 0.29) is 12.2 Å². The van der Waals surface area contributed by atoms with Gasteiger partial charge in [-0.3, -0.25) is 0 Å². The predicted molar refractivity (Wildman–Crippen MR) is 48.9 cm³/mol. The molecule has 0 aliphatic carbocycles. The van der Waals surface area contributed by atoms with Crippen molar-refractivity contribution in [3.05, 3.63) is 35.4 Å². The summed E-state index contributed by atoms with van der Waals surface area (Å²) in [6, 6.07) is 3.65. The molecule has 14 heavy (non-hydrogen) atoms.